The highest BCUT2D eigenvalue weighted by atomic mass is 35.5. The fourth-order valence-electron chi connectivity index (χ4n) is 0.860. The van der Waals surface area contributed by atoms with Gasteiger partial charge in [0.2, 0.25) is 0 Å². The molecule has 0 unspecified atom stereocenters. The second kappa shape index (κ2) is 3.83. The predicted octanol–water partition coefficient (Wildman–Crippen LogP) is 2.82. The quantitative estimate of drug-likeness (QED) is 0.702. The number of nitrogens with zero attached hydrogens (tertiary/aromatic N) is 1. The maximum absolute atomic E-state index is 12.8. The van der Waals surface area contributed by atoms with Gasteiger partial charge in [-0.3, -0.25) is 0 Å². The van der Waals surface area contributed by atoms with Crippen molar-refractivity contribution in [2.24, 2.45) is 0 Å². The van der Waals surface area contributed by atoms with Gasteiger partial charge in [-0.05, 0) is 0 Å². The lowest BCUT2D eigenvalue weighted by molar-refractivity contribution is 0.145. The van der Waals surface area contributed by atoms with Crippen molar-refractivity contribution in [3.8, 4) is 5.75 Å². The molecular formula is C7H5ClF3NO. The molecule has 0 saturated heterocycles. The molecule has 0 atom stereocenters. The van der Waals surface area contributed by atoms with Crippen LogP contribution in [0.5, 0.6) is 5.75 Å². The summed E-state index contributed by atoms with van der Waals surface area (Å²) < 4.78 is 41.8. The second-order valence-electron chi connectivity index (χ2n) is 2.14. The zero-order valence-corrected chi connectivity index (χ0v) is 7.28. The van der Waals surface area contributed by atoms with Crippen molar-refractivity contribution < 1.29 is 17.9 Å². The number of ether oxygens (including phenoxy) is 1. The van der Waals surface area contributed by atoms with Gasteiger partial charge in [0.15, 0.2) is 11.6 Å². The molecule has 0 aromatic carbocycles. The number of hydrogen-bond donors (Lipinski definition) is 0. The van der Waals surface area contributed by atoms with Crippen LogP contribution < -0.4 is 4.74 Å². The Balaban J connectivity index is 3.35. The van der Waals surface area contributed by atoms with E-state index in [9.17, 15) is 13.2 Å². The van der Waals surface area contributed by atoms with Crippen molar-refractivity contribution in [3.63, 3.8) is 0 Å². The molecule has 1 aromatic rings. The van der Waals surface area contributed by atoms with Crippen molar-refractivity contribution in [1.82, 2.24) is 4.98 Å². The minimum Gasteiger partial charge on any atom is -0.493 e. The van der Waals surface area contributed by atoms with Gasteiger partial charge in [-0.25, -0.2) is 18.2 Å². The Bertz CT molecular complexity index is 319. The first-order chi connectivity index (χ1) is 6.07. The summed E-state index contributed by atoms with van der Waals surface area (Å²) in [5, 5.41) is -0.451. The number of pyridine rings is 1. The Morgan fingerprint density at radius 2 is 2.15 bits per heavy atom. The zero-order valence-electron chi connectivity index (χ0n) is 6.52. The third-order valence-corrected chi connectivity index (χ3v) is 1.70. The fraction of sp³-hybridized carbons (Fsp3) is 0.286. The van der Waals surface area contributed by atoms with E-state index in [1.165, 1.54) is 0 Å². The molecule has 0 saturated carbocycles. The SMILES string of the molecule is COc1c(F)cnc(Cl)c1C(F)F. The van der Waals surface area contributed by atoms with Crippen LogP contribution in [-0.2, 0) is 0 Å². The van der Waals surface area contributed by atoms with Crippen LogP contribution >= 0.6 is 11.6 Å². The lowest BCUT2D eigenvalue weighted by Crippen LogP contribution is -1.98. The lowest BCUT2D eigenvalue weighted by atomic mass is 10.2. The standard InChI is InChI=1S/C7H5ClF3NO/c1-13-5-3(9)2-12-6(8)4(5)7(10)11/h2,7H,1H3. The van der Waals surface area contributed by atoms with E-state index < -0.39 is 28.7 Å². The molecule has 0 aliphatic rings. The molecule has 1 heterocycles. The molecule has 2 nitrogen and oxygen atoms in total. The normalized spacial score (nSPS) is 10.6. The number of alkyl halides is 2. The van der Waals surface area contributed by atoms with Crippen LogP contribution in [0.1, 0.15) is 12.0 Å². The minimum absolute atomic E-state index is 0.451. The van der Waals surface area contributed by atoms with Crippen LogP contribution in [0.4, 0.5) is 13.2 Å². The monoisotopic (exact) mass is 211 g/mol. The average Bonchev–Trinajstić information content (AvgIpc) is 2.07. The summed E-state index contributed by atoms with van der Waals surface area (Å²) in [5.74, 6) is -1.52. The summed E-state index contributed by atoms with van der Waals surface area (Å²) in [6, 6.07) is 0. The molecule has 0 amide bonds. The molecule has 1 rings (SSSR count). The first-order valence-corrected chi connectivity index (χ1v) is 3.61. The number of halogens is 4. The van der Waals surface area contributed by atoms with Gasteiger partial charge in [-0.15, -0.1) is 0 Å². The van der Waals surface area contributed by atoms with Crippen LogP contribution in [0.2, 0.25) is 5.15 Å². The lowest BCUT2D eigenvalue weighted by Gasteiger charge is -2.08. The number of methoxy groups -OCH3 is 1. The summed E-state index contributed by atoms with van der Waals surface area (Å²) in [6.07, 6.45) is -2.18. The highest BCUT2D eigenvalue weighted by Gasteiger charge is 2.22. The van der Waals surface area contributed by atoms with Crippen molar-refractivity contribution in [1.29, 1.82) is 0 Å². The Morgan fingerprint density at radius 1 is 1.54 bits per heavy atom. The Kier molecular flexibility index (Phi) is 2.98. The van der Waals surface area contributed by atoms with Crippen molar-refractivity contribution >= 4 is 11.6 Å². The van der Waals surface area contributed by atoms with Gasteiger partial charge in [0, 0.05) is 0 Å². The molecule has 13 heavy (non-hydrogen) atoms. The molecule has 0 N–H and O–H groups in total. The molecular weight excluding hydrogens is 207 g/mol. The van der Waals surface area contributed by atoms with Crippen LogP contribution in [0.25, 0.3) is 0 Å². The predicted molar refractivity (Wildman–Crippen MR) is 40.7 cm³/mol. The van der Waals surface area contributed by atoms with Gasteiger partial charge in [-0.2, -0.15) is 0 Å². The molecule has 0 fully saturated rings. The van der Waals surface area contributed by atoms with Crippen molar-refractivity contribution in [2.75, 3.05) is 7.11 Å². The molecule has 0 aliphatic heterocycles. The topological polar surface area (TPSA) is 22.1 Å². The highest BCUT2D eigenvalue weighted by Crippen LogP contribution is 2.35. The van der Waals surface area contributed by atoms with E-state index in [0.717, 1.165) is 13.3 Å². The molecule has 0 radical (unpaired) electrons. The third kappa shape index (κ3) is 1.85. The largest absolute Gasteiger partial charge is 0.493 e. The summed E-state index contributed by atoms with van der Waals surface area (Å²) in [6.45, 7) is 0. The van der Waals surface area contributed by atoms with E-state index in [0.29, 0.717) is 0 Å². The number of aromatic nitrogens is 1. The molecule has 0 bridgehead atoms. The summed E-state index contributed by atoms with van der Waals surface area (Å²) in [7, 11) is 1.08. The zero-order chi connectivity index (χ0) is 10.0. The van der Waals surface area contributed by atoms with E-state index in [-0.39, 0.29) is 0 Å². The second-order valence-corrected chi connectivity index (χ2v) is 2.50. The first-order valence-electron chi connectivity index (χ1n) is 3.24. The molecule has 6 heteroatoms. The van der Waals surface area contributed by atoms with Gasteiger partial charge in [0.1, 0.15) is 10.7 Å². The fourth-order valence-corrected chi connectivity index (χ4v) is 1.08. The third-order valence-electron chi connectivity index (χ3n) is 1.40. The van der Waals surface area contributed by atoms with E-state index in [4.69, 9.17) is 11.6 Å². The Hall–Kier alpha value is -0.970. The molecule has 1 aromatic heterocycles. The van der Waals surface area contributed by atoms with Gasteiger partial charge in [0.25, 0.3) is 6.43 Å². The minimum atomic E-state index is -2.91. The van der Waals surface area contributed by atoms with Crippen LogP contribution in [-0.4, -0.2) is 12.1 Å². The number of hydrogen-bond acceptors (Lipinski definition) is 2. The van der Waals surface area contributed by atoms with Crippen LogP contribution in [0.3, 0.4) is 0 Å². The maximum Gasteiger partial charge on any atom is 0.270 e. The van der Waals surface area contributed by atoms with Crippen molar-refractivity contribution in [3.05, 3.63) is 22.7 Å². The van der Waals surface area contributed by atoms with E-state index in [1.54, 1.807) is 0 Å². The van der Waals surface area contributed by atoms with Gasteiger partial charge in [-0.1, -0.05) is 11.6 Å². The van der Waals surface area contributed by atoms with E-state index >= 15 is 0 Å². The average molecular weight is 212 g/mol. The molecule has 0 aliphatic carbocycles. The first kappa shape index (κ1) is 10.1. The van der Waals surface area contributed by atoms with Crippen LogP contribution in [0.15, 0.2) is 6.20 Å². The molecule has 0 spiro atoms. The van der Waals surface area contributed by atoms with E-state index in [1.807, 2.05) is 0 Å². The van der Waals surface area contributed by atoms with Crippen molar-refractivity contribution in [2.45, 2.75) is 6.43 Å². The van der Waals surface area contributed by atoms with Gasteiger partial charge < -0.3 is 4.74 Å². The van der Waals surface area contributed by atoms with Gasteiger partial charge >= 0.3 is 0 Å². The summed E-state index contributed by atoms with van der Waals surface area (Å²) >= 11 is 5.34. The summed E-state index contributed by atoms with van der Waals surface area (Å²) in [5.41, 5.74) is -0.718. The molecule has 72 valence electrons. The Labute approximate surface area is 77.3 Å². The van der Waals surface area contributed by atoms with Gasteiger partial charge in [0.05, 0.1) is 13.3 Å². The van der Waals surface area contributed by atoms with Crippen LogP contribution in [0, 0.1) is 5.82 Å². The Morgan fingerprint density at radius 3 is 2.54 bits per heavy atom. The highest BCUT2D eigenvalue weighted by molar-refractivity contribution is 6.30. The number of rotatable bonds is 2. The van der Waals surface area contributed by atoms with E-state index in [2.05, 4.69) is 9.72 Å². The maximum atomic E-state index is 12.8. The smallest absolute Gasteiger partial charge is 0.270 e. The summed E-state index contributed by atoms with van der Waals surface area (Å²) in [4.78, 5) is 3.24.